The fourth-order valence-corrected chi connectivity index (χ4v) is 3.33. The number of carbonyl (C=O) groups excluding carboxylic acids is 2. The van der Waals surface area contributed by atoms with Crippen molar-refractivity contribution in [3.05, 3.63) is 78.4 Å². The van der Waals surface area contributed by atoms with Crippen molar-refractivity contribution < 1.29 is 29.4 Å². The molecule has 0 bridgehead atoms. The van der Waals surface area contributed by atoms with E-state index in [0.29, 0.717) is 11.3 Å². The molecule has 3 aromatic carbocycles. The van der Waals surface area contributed by atoms with Crippen LogP contribution in [0.15, 0.2) is 72.8 Å². The molecule has 4 N–H and O–H groups in total. The minimum atomic E-state index is -0.843. The fraction of sp³-hybridized carbons (Fsp3) is 0.167. The van der Waals surface area contributed by atoms with Crippen molar-refractivity contribution in [3.63, 3.8) is 0 Å². The molecule has 0 aliphatic rings. The molecule has 2 atom stereocenters. The Morgan fingerprint density at radius 3 is 2.53 bits per heavy atom. The van der Waals surface area contributed by atoms with Gasteiger partial charge in [0.25, 0.3) is 5.91 Å². The first-order chi connectivity index (χ1) is 15.4. The Balaban J connectivity index is 1.87. The van der Waals surface area contributed by atoms with E-state index in [1.165, 1.54) is 24.7 Å². The smallest absolute Gasteiger partial charge is 0.412 e. The predicted molar refractivity (Wildman–Crippen MR) is 120 cm³/mol. The molecule has 0 heterocycles. The zero-order chi connectivity index (χ0) is 23.1. The number of fused-ring (bicyclic) bond motifs is 1. The summed E-state index contributed by atoms with van der Waals surface area (Å²) in [4.78, 5) is 24.2. The second-order valence-corrected chi connectivity index (χ2v) is 7.10. The maximum Gasteiger partial charge on any atom is 0.412 e. The molecule has 0 fully saturated rings. The molecule has 32 heavy (non-hydrogen) atoms. The lowest BCUT2D eigenvalue weighted by molar-refractivity contribution is -0.124. The summed E-state index contributed by atoms with van der Waals surface area (Å²) in [5.74, 6) is -1.03. The summed E-state index contributed by atoms with van der Waals surface area (Å²) >= 11 is 0. The number of nitrogens with one attached hydrogen (secondary N) is 2. The molecule has 3 aromatic rings. The summed E-state index contributed by atoms with van der Waals surface area (Å²) in [6, 6.07) is 17.8. The Morgan fingerprint density at radius 2 is 1.81 bits per heavy atom. The molecule has 0 saturated heterocycles. The number of amides is 2. The van der Waals surface area contributed by atoms with Crippen molar-refractivity contribution in [1.82, 2.24) is 5.48 Å². The van der Waals surface area contributed by atoms with Crippen LogP contribution in [0, 0.1) is 5.92 Å². The third-order valence-electron chi connectivity index (χ3n) is 4.93. The summed E-state index contributed by atoms with van der Waals surface area (Å²) in [6.45, 7) is 1.73. The quantitative estimate of drug-likeness (QED) is 0.245. The number of rotatable bonds is 7. The van der Waals surface area contributed by atoms with Gasteiger partial charge in [0.15, 0.2) is 11.5 Å². The van der Waals surface area contributed by atoms with Crippen molar-refractivity contribution in [2.75, 3.05) is 12.4 Å². The molecule has 0 unspecified atom stereocenters. The zero-order valence-corrected chi connectivity index (χ0v) is 17.6. The number of hydrogen-bond acceptors (Lipinski definition) is 6. The lowest BCUT2D eigenvalue weighted by Crippen LogP contribution is -2.22. The Morgan fingerprint density at radius 1 is 1.06 bits per heavy atom. The minimum absolute atomic E-state index is 0.114. The van der Waals surface area contributed by atoms with E-state index in [-0.39, 0.29) is 11.5 Å². The van der Waals surface area contributed by atoms with E-state index in [9.17, 15) is 14.7 Å². The van der Waals surface area contributed by atoms with Gasteiger partial charge in [-0.2, -0.15) is 0 Å². The van der Waals surface area contributed by atoms with Crippen LogP contribution in [0.4, 0.5) is 10.5 Å². The number of methoxy groups -OCH3 is 1. The standard InChI is InChI=1S/C24H24N2O6/c1-15(10-13-22(28)26-30)23(17-11-12-21(31-2)20(27)14-17)32-24(29)25-19-9-5-7-16-6-3-4-8-18(16)19/h3-15,23,27,30H,1-2H3,(H,25,29)(H,26,28)/b13-10+/t15-,23-/m0/s1. The molecule has 0 spiro atoms. The highest BCUT2D eigenvalue weighted by Crippen LogP contribution is 2.34. The van der Waals surface area contributed by atoms with Gasteiger partial charge in [0.1, 0.15) is 6.10 Å². The van der Waals surface area contributed by atoms with Gasteiger partial charge in [-0.1, -0.05) is 55.5 Å². The van der Waals surface area contributed by atoms with E-state index in [4.69, 9.17) is 14.7 Å². The monoisotopic (exact) mass is 436 g/mol. The number of benzene rings is 3. The first-order valence-corrected chi connectivity index (χ1v) is 9.87. The predicted octanol–water partition coefficient (Wildman–Crippen LogP) is 4.54. The lowest BCUT2D eigenvalue weighted by Gasteiger charge is -2.23. The number of aromatic hydroxyl groups is 1. The largest absolute Gasteiger partial charge is 0.504 e. The topological polar surface area (TPSA) is 117 Å². The number of hydrogen-bond donors (Lipinski definition) is 4. The van der Waals surface area contributed by atoms with E-state index < -0.39 is 24.0 Å². The fourth-order valence-electron chi connectivity index (χ4n) is 3.33. The second-order valence-electron chi connectivity index (χ2n) is 7.10. The van der Waals surface area contributed by atoms with E-state index in [1.54, 1.807) is 25.1 Å². The van der Waals surface area contributed by atoms with E-state index in [2.05, 4.69) is 5.32 Å². The van der Waals surface area contributed by atoms with Crippen LogP contribution >= 0.6 is 0 Å². The van der Waals surface area contributed by atoms with Crippen molar-refractivity contribution in [2.45, 2.75) is 13.0 Å². The van der Waals surface area contributed by atoms with Crippen LogP contribution < -0.4 is 15.5 Å². The van der Waals surface area contributed by atoms with Crippen LogP contribution in [0.5, 0.6) is 11.5 Å². The van der Waals surface area contributed by atoms with Crippen molar-refractivity contribution in [3.8, 4) is 11.5 Å². The average Bonchev–Trinajstić information content (AvgIpc) is 2.81. The van der Waals surface area contributed by atoms with Crippen LogP contribution in [0.25, 0.3) is 10.8 Å². The lowest BCUT2D eigenvalue weighted by atomic mass is 9.96. The van der Waals surface area contributed by atoms with Crippen LogP contribution in [0.1, 0.15) is 18.6 Å². The summed E-state index contributed by atoms with van der Waals surface area (Å²) in [7, 11) is 1.43. The van der Waals surface area contributed by atoms with Crippen LogP contribution in [0.2, 0.25) is 0 Å². The number of phenols is 1. The molecule has 2 amide bonds. The molecule has 8 heteroatoms. The van der Waals surface area contributed by atoms with Gasteiger partial charge in [-0.15, -0.1) is 0 Å². The van der Waals surface area contributed by atoms with Crippen molar-refractivity contribution >= 4 is 28.5 Å². The summed E-state index contributed by atoms with van der Waals surface area (Å²) in [6.07, 6.45) is 1.08. The van der Waals surface area contributed by atoms with Gasteiger partial charge in [0.2, 0.25) is 0 Å². The van der Waals surface area contributed by atoms with Crippen LogP contribution in [-0.4, -0.2) is 29.4 Å². The van der Waals surface area contributed by atoms with Crippen LogP contribution in [-0.2, 0) is 9.53 Å². The number of phenolic OH excluding ortho intramolecular Hbond substituents is 1. The molecule has 0 aromatic heterocycles. The SMILES string of the molecule is COc1ccc([C@@H](OC(=O)Nc2cccc3ccccc23)[C@@H](C)/C=C/C(=O)NO)cc1O. The second kappa shape index (κ2) is 10.3. The van der Waals surface area contributed by atoms with Gasteiger partial charge in [-0.3, -0.25) is 15.3 Å². The number of carbonyl (C=O) groups is 2. The highest BCUT2D eigenvalue weighted by atomic mass is 16.6. The van der Waals surface area contributed by atoms with Gasteiger partial charge >= 0.3 is 6.09 Å². The highest BCUT2D eigenvalue weighted by Gasteiger charge is 2.24. The molecular formula is C24H24N2O6. The number of anilines is 1. The molecule has 8 nitrogen and oxygen atoms in total. The maximum atomic E-state index is 12.8. The summed E-state index contributed by atoms with van der Waals surface area (Å²) in [5, 5.41) is 23.5. The van der Waals surface area contributed by atoms with Gasteiger partial charge in [0.05, 0.1) is 12.8 Å². The van der Waals surface area contributed by atoms with Crippen molar-refractivity contribution in [1.29, 1.82) is 0 Å². The molecule has 0 saturated carbocycles. The normalized spacial score (nSPS) is 12.8. The third kappa shape index (κ3) is 5.35. The average molecular weight is 436 g/mol. The summed E-state index contributed by atoms with van der Waals surface area (Å²) in [5.41, 5.74) is 2.60. The third-order valence-corrected chi connectivity index (χ3v) is 4.93. The molecule has 0 aliphatic carbocycles. The Kier molecular flexibility index (Phi) is 7.30. The Bertz CT molecular complexity index is 1140. The molecule has 0 aliphatic heterocycles. The Hall–Kier alpha value is -4.04. The number of hydroxylamine groups is 1. The summed E-state index contributed by atoms with van der Waals surface area (Å²) < 4.78 is 10.8. The molecule has 0 radical (unpaired) electrons. The first kappa shape index (κ1) is 22.6. The van der Waals surface area contributed by atoms with Gasteiger partial charge in [0, 0.05) is 17.4 Å². The molecule has 166 valence electrons. The van der Waals surface area contributed by atoms with E-state index in [0.717, 1.165) is 16.8 Å². The minimum Gasteiger partial charge on any atom is -0.504 e. The Labute approximate surface area is 185 Å². The van der Waals surface area contributed by atoms with E-state index >= 15 is 0 Å². The van der Waals surface area contributed by atoms with Gasteiger partial charge < -0.3 is 14.6 Å². The highest BCUT2D eigenvalue weighted by molar-refractivity contribution is 6.00. The van der Waals surface area contributed by atoms with Gasteiger partial charge in [-0.25, -0.2) is 10.3 Å². The van der Waals surface area contributed by atoms with Gasteiger partial charge in [-0.05, 0) is 29.1 Å². The van der Waals surface area contributed by atoms with Crippen molar-refractivity contribution in [2.24, 2.45) is 5.92 Å². The molecule has 3 rings (SSSR count). The maximum absolute atomic E-state index is 12.8. The molecular weight excluding hydrogens is 412 g/mol. The van der Waals surface area contributed by atoms with E-state index in [1.807, 2.05) is 36.4 Å². The number of ether oxygens (including phenoxy) is 2. The van der Waals surface area contributed by atoms with Crippen LogP contribution in [0.3, 0.4) is 0 Å². The zero-order valence-electron chi connectivity index (χ0n) is 17.6. The first-order valence-electron chi connectivity index (χ1n) is 9.87.